The van der Waals surface area contributed by atoms with E-state index >= 15 is 0 Å². The number of benzene rings is 5. The van der Waals surface area contributed by atoms with Crippen LogP contribution < -0.4 is 16.3 Å². The van der Waals surface area contributed by atoms with Crippen molar-refractivity contribution in [3.8, 4) is 79.7 Å². The number of ether oxygens (including phenoxy) is 2. The first-order valence-corrected chi connectivity index (χ1v) is 20.2. The molecule has 15 N–H and O–H groups in total. The summed E-state index contributed by atoms with van der Waals surface area (Å²) < 4.78 is 28.3. The molecule has 7 atom stereocenters. The van der Waals surface area contributed by atoms with Crippen molar-refractivity contribution in [1.82, 2.24) is 0 Å². The first-order valence-electron chi connectivity index (χ1n) is 20.2. The topological polar surface area (TPSA) is 413 Å². The second-order valence-corrected chi connectivity index (χ2v) is 16.3. The average Bonchev–Trinajstić information content (AvgIpc) is 3.27. The maximum Gasteiger partial charge on any atom is 0.208 e. The summed E-state index contributed by atoms with van der Waals surface area (Å²) >= 11 is 0. The van der Waals surface area contributed by atoms with E-state index in [4.69, 9.17) is 22.7 Å². The van der Waals surface area contributed by atoms with Crippen LogP contribution in [-0.4, -0.2) is 114 Å². The van der Waals surface area contributed by atoms with Crippen LogP contribution in [0.2, 0.25) is 0 Å². The van der Waals surface area contributed by atoms with Crippen molar-refractivity contribution >= 4 is 54.8 Å². The third kappa shape index (κ3) is 6.15. The third-order valence-corrected chi connectivity index (χ3v) is 12.3. The lowest BCUT2D eigenvalue weighted by Gasteiger charge is -2.41. The number of aromatic hydroxyl groups is 10. The van der Waals surface area contributed by atoms with Crippen LogP contribution in [0.25, 0.3) is 77.1 Å². The molecule has 0 spiro atoms. The Balaban J connectivity index is 1.14. The molecule has 5 aromatic carbocycles. The summed E-state index contributed by atoms with van der Waals surface area (Å²) in [5.74, 6) is -9.86. The number of aliphatic hydroxyl groups excluding tert-OH is 5. The van der Waals surface area contributed by atoms with Crippen LogP contribution in [0, 0.1) is 0 Å². The van der Waals surface area contributed by atoms with E-state index in [0.29, 0.717) is 0 Å². The molecule has 3 aromatic heterocycles. The molecule has 23 heteroatoms. The van der Waals surface area contributed by atoms with Gasteiger partial charge in [0.25, 0.3) is 0 Å². The van der Waals surface area contributed by atoms with Crippen LogP contribution in [0.3, 0.4) is 0 Å². The monoisotopic (exact) mass is 942 g/mol. The first kappa shape index (κ1) is 43.8. The highest BCUT2D eigenvalue weighted by atomic mass is 16.7. The van der Waals surface area contributed by atoms with Gasteiger partial charge in [0.05, 0.1) is 29.4 Å². The van der Waals surface area contributed by atoms with Crippen molar-refractivity contribution in [2.45, 2.75) is 55.8 Å². The van der Waals surface area contributed by atoms with Crippen LogP contribution in [0.4, 0.5) is 0 Å². The number of hydrogen-bond donors (Lipinski definition) is 15. The third-order valence-electron chi connectivity index (χ3n) is 12.3. The molecule has 0 saturated carbocycles. The zero-order chi connectivity index (χ0) is 48.7. The Morgan fingerprint density at radius 3 is 1.59 bits per heavy atom. The minimum absolute atomic E-state index is 0.101. The summed E-state index contributed by atoms with van der Waals surface area (Å²) in [6.07, 6.45) is -11.8. The van der Waals surface area contributed by atoms with E-state index in [1.807, 2.05) is 0 Å². The van der Waals surface area contributed by atoms with E-state index < -0.39 is 206 Å². The van der Waals surface area contributed by atoms with Crippen molar-refractivity contribution in [3.05, 3.63) is 78.4 Å². The van der Waals surface area contributed by atoms with Crippen LogP contribution in [-0.2, 0) is 9.47 Å². The molecule has 68 heavy (non-hydrogen) atoms. The summed E-state index contributed by atoms with van der Waals surface area (Å²) in [4.78, 5) is 42.4. The predicted octanol–water partition coefficient (Wildman–Crippen LogP) is 2.39. The molecule has 8 aromatic rings. The smallest absolute Gasteiger partial charge is 0.208 e. The van der Waals surface area contributed by atoms with Crippen LogP contribution in [0.5, 0.6) is 57.5 Å². The lowest BCUT2D eigenvalue weighted by Crippen LogP contribution is -2.59. The fourth-order valence-corrected chi connectivity index (χ4v) is 9.08. The molecule has 23 nitrogen and oxygen atoms in total. The number of rotatable bonds is 5. The van der Waals surface area contributed by atoms with Gasteiger partial charge in [0.15, 0.2) is 29.0 Å². The maximum atomic E-state index is 14.4. The molecule has 0 bridgehead atoms. The highest BCUT2D eigenvalue weighted by molar-refractivity contribution is 6.09. The van der Waals surface area contributed by atoms with Crippen molar-refractivity contribution < 1.29 is 99.3 Å². The normalized spacial score (nSPS) is 21.9. The van der Waals surface area contributed by atoms with Gasteiger partial charge in [-0.1, -0.05) is 0 Å². The fraction of sp³-hybridized carbons (Fsp3) is 0.222. The fourth-order valence-electron chi connectivity index (χ4n) is 9.08. The summed E-state index contributed by atoms with van der Waals surface area (Å²) in [5, 5.41) is 160. The molecule has 1 aliphatic heterocycles. The Bertz CT molecular complexity index is 3700. The lowest BCUT2D eigenvalue weighted by molar-refractivity contribution is -0.314. The van der Waals surface area contributed by atoms with Crippen molar-refractivity contribution in [1.29, 1.82) is 0 Å². The molecule has 1 fully saturated rings. The molecular formula is C45H34O23. The molecule has 1 aliphatic carbocycles. The van der Waals surface area contributed by atoms with Crippen molar-refractivity contribution in [3.63, 3.8) is 0 Å². The zero-order valence-corrected chi connectivity index (χ0v) is 34.1. The summed E-state index contributed by atoms with van der Waals surface area (Å²) in [6.45, 7) is -0.805. The van der Waals surface area contributed by atoms with Gasteiger partial charge < -0.3 is 99.3 Å². The van der Waals surface area contributed by atoms with E-state index in [1.54, 1.807) is 0 Å². The van der Waals surface area contributed by atoms with Gasteiger partial charge in [-0.25, -0.2) is 0 Å². The minimum atomic E-state index is -1.90. The largest absolute Gasteiger partial charge is 0.508 e. The standard InChI is InChI=1S/C45H34O23/c46-9-23-34(56)40(62)41(63)45(68-23)67-19-2-1-13(48)42-29(19)38(60)27-21(65-42)7-15(50)24(35(27)57)12-6-18(53)44-31(33(12)55)39(61)28-22(66-44)8-16(51)25(36(28)58)11-5-17(52)43-30(32(11)54)37(59)26-14(49)3-10(47)4-20(26)64-43/h3-8,13,19,23,34,40-41,45-58,62-63H,1-2,9H2/t13-,19+,23+,34+,40-,41+,45+/m1/s1. The predicted molar refractivity (Wildman–Crippen MR) is 229 cm³/mol. The summed E-state index contributed by atoms with van der Waals surface area (Å²) in [6, 6.07) is 4.77. The van der Waals surface area contributed by atoms with Crippen LogP contribution in [0.1, 0.15) is 36.4 Å². The molecule has 1 saturated heterocycles. The van der Waals surface area contributed by atoms with Gasteiger partial charge >= 0.3 is 0 Å². The Kier molecular flexibility index (Phi) is 9.84. The molecule has 0 amide bonds. The second-order valence-electron chi connectivity index (χ2n) is 16.3. The van der Waals surface area contributed by atoms with Crippen molar-refractivity contribution in [2.24, 2.45) is 0 Å². The lowest BCUT2D eigenvalue weighted by atomic mass is 9.89. The number of hydrogen-bond acceptors (Lipinski definition) is 23. The SMILES string of the molecule is O=c1c2c(oc3cc(O)c(-c4cc(O)c5oc6cc(O)c(-c7cc(O)c8oc9cc(O)cc(O)c9c(=O)c8c7O)c(O)c6c(=O)c5c4O)c(O)c13)[C@H](O)CC[C@@H]2O[C@H]1O[C@@H](CO)[C@H](O)[C@@H](O)[C@@H]1O. The first-order chi connectivity index (χ1) is 32.2. The maximum absolute atomic E-state index is 14.4. The average molecular weight is 943 g/mol. The molecule has 0 unspecified atom stereocenters. The number of phenols is 10. The molecule has 352 valence electrons. The van der Waals surface area contributed by atoms with Gasteiger partial charge in [0, 0.05) is 35.4 Å². The van der Waals surface area contributed by atoms with Crippen molar-refractivity contribution in [2.75, 3.05) is 6.61 Å². The van der Waals surface area contributed by atoms with Gasteiger partial charge in [-0.05, 0) is 25.0 Å². The van der Waals surface area contributed by atoms with Gasteiger partial charge in [-0.3, -0.25) is 14.4 Å². The molecular weight excluding hydrogens is 908 g/mol. The Hall–Kier alpha value is -8.03. The zero-order valence-electron chi connectivity index (χ0n) is 34.1. The van der Waals surface area contributed by atoms with E-state index in [-0.39, 0.29) is 18.6 Å². The van der Waals surface area contributed by atoms with Gasteiger partial charge in [-0.15, -0.1) is 0 Å². The van der Waals surface area contributed by atoms with E-state index in [2.05, 4.69) is 0 Å². The van der Waals surface area contributed by atoms with Gasteiger partial charge in [0.2, 0.25) is 16.3 Å². The minimum Gasteiger partial charge on any atom is -0.508 e. The number of aliphatic hydroxyl groups is 5. The molecule has 2 aliphatic rings. The van der Waals surface area contributed by atoms with E-state index in [9.17, 15) is 91.0 Å². The van der Waals surface area contributed by atoms with E-state index in [1.165, 1.54) is 0 Å². The summed E-state index contributed by atoms with van der Waals surface area (Å²) in [7, 11) is 0. The highest BCUT2D eigenvalue weighted by Gasteiger charge is 2.46. The Morgan fingerprint density at radius 2 is 1.03 bits per heavy atom. The Labute approximate surface area is 374 Å². The van der Waals surface area contributed by atoms with Crippen LogP contribution >= 0.6 is 0 Å². The van der Waals surface area contributed by atoms with Gasteiger partial charge in [0.1, 0.15) is 126 Å². The molecule has 10 rings (SSSR count). The number of fused-ring (bicyclic) bond motifs is 6. The second kappa shape index (κ2) is 15.3. The number of phenolic OH excluding ortho intramolecular Hbond substituents is 10. The van der Waals surface area contributed by atoms with E-state index in [0.717, 1.165) is 36.4 Å². The molecule has 4 heterocycles. The van der Waals surface area contributed by atoms with Gasteiger partial charge in [-0.2, -0.15) is 0 Å². The van der Waals surface area contributed by atoms with Crippen LogP contribution in [0.15, 0.2) is 64.0 Å². The molecule has 0 radical (unpaired) electrons. The summed E-state index contributed by atoms with van der Waals surface area (Å²) in [5.41, 5.74) is -9.98. The quantitative estimate of drug-likeness (QED) is 0.0870. The Morgan fingerprint density at radius 1 is 0.515 bits per heavy atom. The highest BCUT2D eigenvalue weighted by Crippen LogP contribution is 2.53.